The van der Waals surface area contributed by atoms with Crippen molar-refractivity contribution in [2.45, 2.75) is 31.9 Å². The van der Waals surface area contributed by atoms with E-state index >= 15 is 0 Å². The van der Waals surface area contributed by atoms with Crippen LogP contribution in [-0.2, 0) is 11.2 Å². The number of halogens is 3. The first-order valence-corrected chi connectivity index (χ1v) is 8.80. The fourth-order valence-electron chi connectivity index (χ4n) is 3.10. The monoisotopic (exact) mass is 407 g/mol. The quantitative estimate of drug-likeness (QED) is 0.656. The fourth-order valence-corrected chi connectivity index (χ4v) is 3.10. The number of hydrogen-bond donors (Lipinski definition) is 2. The van der Waals surface area contributed by atoms with Gasteiger partial charge >= 0.3 is 6.61 Å². The summed E-state index contributed by atoms with van der Waals surface area (Å²) in [7, 11) is 3.34. The van der Waals surface area contributed by atoms with Crippen molar-refractivity contribution in [2.24, 2.45) is 0 Å². The number of nitrogens with one attached hydrogen (secondary N) is 2. The number of likely N-dealkylation sites (tertiary alicyclic amines) is 1. The first-order valence-electron chi connectivity index (χ1n) is 8.80. The standard InChI is InChI=1S/C18H27F2N3O3.ClH/c1-21-14-4-3-9-23(11-14)12-17(24)22-8-7-13-5-6-15(26-18(19)20)16(10-13)25-2;/h5-6,10,14,18,21H,3-4,7-9,11-12H2,1-2H3,(H,22,24);1H. The number of carbonyl (C=O) groups is 1. The van der Waals surface area contributed by atoms with E-state index in [1.165, 1.54) is 13.2 Å². The van der Waals surface area contributed by atoms with Crippen LogP contribution < -0.4 is 20.1 Å². The van der Waals surface area contributed by atoms with Crippen molar-refractivity contribution in [3.8, 4) is 11.5 Å². The molecule has 154 valence electrons. The molecule has 1 fully saturated rings. The van der Waals surface area contributed by atoms with Crippen LogP contribution in [0.1, 0.15) is 18.4 Å². The molecule has 1 aromatic rings. The van der Waals surface area contributed by atoms with E-state index in [4.69, 9.17) is 4.74 Å². The summed E-state index contributed by atoms with van der Waals surface area (Å²) >= 11 is 0. The van der Waals surface area contributed by atoms with Crippen molar-refractivity contribution in [3.63, 3.8) is 0 Å². The normalized spacial score (nSPS) is 17.3. The number of likely N-dealkylation sites (N-methyl/N-ethyl adjacent to an activating group) is 1. The molecule has 6 nitrogen and oxygen atoms in total. The molecule has 0 aromatic heterocycles. The molecule has 9 heteroatoms. The van der Waals surface area contributed by atoms with E-state index in [1.807, 2.05) is 7.05 Å². The number of methoxy groups -OCH3 is 1. The topological polar surface area (TPSA) is 62.8 Å². The minimum absolute atomic E-state index is 0. The van der Waals surface area contributed by atoms with Gasteiger partial charge in [-0.2, -0.15) is 8.78 Å². The molecule has 1 atom stereocenters. The molecule has 2 N–H and O–H groups in total. The third-order valence-electron chi connectivity index (χ3n) is 4.46. The molecule has 0 saturated carbocycles. The SMILES string of the molecule is CNC1CCCN(CC(=O)NCCc2ccc(OC(F)F)c(OC)c2)C1.Cl. The van der Waals surface area contributed by atoms with Gasteiger partial charge in [0.05, 0.1) is 13.7 Å². The fraction of sp³-hybridized carbons (Fsp3) is 0.611. The number of carbonyl (C=O) groups excluding carboxylic acids is 1. The number of ether oxygens (including phenoxy) is 2. The van der Waals surface area contributed by atoms with Crippen LogP contribution >= 0.6 is 12.4 Å². The summed E-state index contributed by atoms with van der Waals surface area (Å²) in [6.07, 6.45) is 2.81. The number of hydrogen-bond acceptors (Lipinski definition) is 5. The summed E-state index contributed by atoms with van der Waals surface area (Å²) in [6, 6.07) is 5.23. The second-order valence-corrected chi connectivity index (χ2v) is 6.33. The number of rotatable bonds is 9. The number of benzene rings is 1. The summed E-state index contributed by atoms with van der Waals surface area (Å²) in [5, 5.41) is 6.16. The number of nitrogens with zero attached hydrogens (tertiary/aromatic N) is 1. The molecule has 1 amide bonds. The molecule has 1 aliphatic heterocycles. The van der Waals surface area contributed by atoms with Gasteiger partial charge in [-0.1, -0.05) is 6.07 Å². The lowest BCUT2D eigenvalue weighted by molar-refractivity contribution is -0.122. The molecule has 0 spiro atoms. The number of amides is 1. The van der Waals surface area contributed by atoms with Crippen LogP contribution in [0.4, 0.5) is 8.78 Å². The van der Waals surface area contributed by atoms with Gasteiger partial charge < -0.3 is 20.1 Å². The average Bonchev–Trinajstić information content (AvgIpc) is 2.62. The maximum atomic E-state index is 12.3. The predicted molar refractivity (Wildman–Crippen MR) is 102 cm³/mol. The van der Waals surface area contributed by atoms with Crippen LogP contribution in [-0.4, -0.2) is 63.8 Å². The molecular weight excluding hydrogens is 380 g/mol. The van der Waals surface area contributed by atoms with Gasteiger partial charge in [-0.05, 0) is 50.6 Å². The first-order chi connectivity index (χ1) is 12.5. The van der Waals surface area contributed by atoms with Crippen molar-refractivity contribution < 1.29 is 23.0 Å². The molecule has 1 heterocycles. The Labute approximate surface area is 165 Å². The zero-order valence-corrected chi connectivity index (χ0v) is 16.5. The molecule has 0 aliphatic carbocycles. The molecule has 0 radical (unpaired) electrons. The highest BCUT2D eigenvalue weighted by molar-refractivity contribution is 5.85. The van der Waals surface area contributed by atoms with Crippen molar-refractivity contribution in [1.82, 2.24) is 15.5 Å². The van der Waals surface area contributed by atoms with Gasteiger partial charge in [0, 0.05) is 19.1 Å². The predicted octanol–water partition coefficient (Wildman–Crippen LogP) is 2.06. The average molecular weight is 408 g/mol. The van der Waals surface area contributed by atoms with Gasteiger partial charge in [0.15, 0.2) is 11.5 Å². The van der Waals surface area contributed by atoms with E-state index in [9.17, 15) is 13.6 Å². The summed E-state index contributed by atoms with van der Waals surface area (Å²) in [4.78, 5) is 14.2. The molecule has 2 rings (SSSR count). The maximum absolute atomic E-state index is 12.3. The Kier molecular flexibility index (Phi) is 10.4. The van der Waals surface area contributed by atoms with Gasteiger partial charge in [0.25, 0.3) is 0 Å². The molecule has 0 bridgehead atoms. The van der Waals surface area contributed by atoms with Crippen LogP contribution in [0.5, 0.6) is 11.5 Å². The largest absolute Gasteiger partial charge is 0.493 e. The molecule has 1 aliphatic rings. The van der Waals surface area contributed by atoms with E-state index in [1.54, 1.807) is 12.1 Å². The van der Waals surface area contributed by atoms with E-state index < -0.39 is 6.61 Å². The maximum Gasteiger partial charge on any atom is 0.387 e. The van der Waals surface area contributed by atoms with Gasteiger partial charge in [0.2, 0.25) is 5.91 Å². The second-order valence-electron chi connectivity index (χ2n) is 6.33. The summed E-state index contributed by atoms with van der Waals surface area (Å²) in [5.41, 5.74) is 0.872. The molecular formula is C18H28ClF2N3O3. The molecule has 1 aromatic carbocycles. The molecule has 1 saturated heterocycles. The van der Waals surface area contributed by atoms with E-state index in [2.05, 4.69) is 20.3 Å². The first kappa shape index (κ1) is 23.4. The lowest BCUT2D eigenvalue weighted by Gasteiger charge is -2.31. The Morgan fingerprint density at radius 2 is 2.15 bits per heavy atom. The number of alkyl halides is 2. The third kappa shape index (κ3) is 7.86. The Bertz CT molecular complexity index is 593. The molecule has 27 heavy (non-hydrogen) atoms. The van der Waals surface area contributed by atoms with Crippen LogP contribution in [0.3, 0.4) is 0 Å². The highest BCUT2D eigenvalue weighted by Gasteiger charge is 2.20. The van der Waals surface area contributed by atoms with Crippen molar-refractivity contribution in [2.75, 3.05) is 40.3 Å². The van der Waals surface area contributed by atoms with Gasteiger partial charge in [-0.3, -0.25) is 9.69 Å². The summed E-state index contributed by atoms with van der Waals surface area (Å²) in [5.74, 6) is 0.242. The van der Waals surface area contributed by atoms with Crippen LogP contribution in [0.25, 0.3) is 0 Å². The van der Waals surface area contributed by atoms with Crippen LogP contribution in [0.15, 0.2) is 18.2 Å². The number of piperidine rings is 1. The van der Waals surface area contributed by atoms with Gasteiger partial charge in [-0.15, -0.1) is 12.4 Å². The minimum atomic E-state index is -2.90. The lowest BCUT2D eigenvalue weighted by Crippen LogP contribution is -2.48. The summed E-state index contributed by atoms with van der Waals surface area (Å²) in [6.45, 7) is -0.212. The minimum Gasteiger partial charge on any atom is -0.493 e. The van der Waals surface area contributed by atoms with Crippen molar-refractivity contribution in [3.05, 3.63) is 23.8 Å². The van der Waals surface area contributed by atoms with Crippen molar-refractivity contribution in [1.29, 1.82) is 0 Å². The van der Waals surface area contributed by atoms with Crippen LogP contribution in [0.2, 0.25) is 0 Å². The zero-order chi connectivity index (χ0) is 18.9. The van der Waals surface area contributed by atoms with Gasteiger partial charge in [0.1, 0.15) is 0 Å². The smallest absolute Gasteiger partial charge is 0.387 e. The molecule has 1 unspecified atom stereocenters. The third-order valence-corrected chi connectivity index (χ3v) is 4.46. The second kappa shape index (κ2) is 11.9. The van der Waals surface area contributed by atoms with Gasteiger partial charge in [-0.25, -0.2) is 0 Å². The lowest BCUT2D eigenvalue weighted by atomic mass is 10.1. The summed E-state index contributed by atoms with van der Waals surface area (Å²) < 4.78 is 34.1. The Morgan fingerprint density at radius 1 is 1.37 bits per heavy atom. The van der Waals surface area contributed by atoms with Crippen LogP contribution in [0, 0.1) is 0 Å². The highest BCUT2D eigenvalue weighted by Crippen LogP contribution is 2.29. The van der Waals surface area contributed by atoms with E-state index in [-0.39, 0.29) is 29.8 Å². The van der Waals surface area contributed by atoms with E-state index in [0.29, 0.717) is 25.6 Å². The van der Waals surface area contributed by atoms with E-state index in [0.717, 1.165) is 31.5 Å². The Hall–Kier alpha value is -1.64. The van der Waals surface area contributed by atoms with Crippen molar-refractivity contribution >= 4 is 18.3 Å². The Morgan fingerprint density at radius 3 is 2.81 bits per heavy atom. The highest BCUT2D eigenvalue weighted by atomic mass is 35.5. The zero-order valence-electron chi connectivity index (χ0n) is 15.7. The Balaban J connectivity index is 0.00000364.